The minimum absolute atomic E-state index is 0.292. The number of benzene rings is 2. The Morgan fingerprint density at radius 3 is 2.74 bits per heavy atom. The van der Waals surface area contributed by atoms with Gasteiger partial charge in [0.2, 0.25) is 5.82 Å². The van der Waals surface area contributed by atoms with Gasteiger partial charge in [-0.3, -0.25) is 0 Å². The summed E-state index contributed by atoms with van der Waals surface area (Å²) in [6, 6.07) is 15.8. The zero-order valence-electron chi connectivity index (χ0n) is 12.7. The quantitative estimate of drug-likeness (QED) is 0.742. The number of hydrogen-bond donors (Lipinski definition) is 0. The summed E-state index contributed by atoms with van der Waals surface area (Å²) in [7, 11) is 1.64. The monoisotopic (exact) mass is 308 g/mol. The van der Waals surface area contributed by atoms with Crippen molar-refractivity contribution in [2.45, 2.75) is 12.5 Å². The summed E-state index contributed by atoms with van der Waals surface area (Å²) in [5, 5.41) is 4.08. The van der Waals surface area contributed by atoms with Crippen molar-refractivity contribution in [3.05, 3.63) is 65.5 Å². The van der Waals surface area contributed by atoms with Gasteiger partial charge in [-0.1, -0.05) is 29.4 Å². The minimum atomic E-state index is -0.292. The second-order valence-corrected chi connectivity index (χ2v) is 5.38. The number of rotatable bonds is 3. The summed E-state index contributed by atoms with van der Waals surface area (Å²) in [6.07, 6.45) is 0.617. The van der Waals surface area contributed by atoms with Crippen molar-refractivity contribution in [1.29, 1.82) is 0 Å². The van der Waals surface area contributed by atoms with Gasteiger partial charge < -0.3 is 14.0 Å². The molecule has 0 aliphatic carbocycles. The lowest BCUT2D eigenvalue weighted by Gasteiger charge is -2.22. The zero-order valence-corrected chi connectivity index (χ0v) is 12.7. The van der Waals surface area contributed by atoms with E-state index < -0.39 is 0 Å². The molecule has 0 radical (unpaired) electrons. The summed E-state index contributed by atoms with van der Waals surface area (Å²) in [6.45, 7) is 0.655. The van der Waals surface area contributed by atoms with Crippen molar-refractivity contribution >= 4 is 0 Å². The van der Waals surface area contributed by atoms with Crippen LogP contribution in [0.4, 0.5) is 0 Å². The molecule has 1 atom stereocenters. The van der Waals surface area contributed by atoms with E-state index in [-0.39, 0.29) is 6.10 Å². The number of fused-ring (bicyclic) bond motifs is 1. The van der Waals surface area contributed by atoms with Crippen molar-refractivity contribution in [2.75, 3.05) is 13.7 Å². The largest absolute Gasteiger partial charge is 0.497 e. The zero-order chi connectivity index (χ0) is 15.6. The third-order valence-electron chi connectivity index (χ3n) is 4.01. The van der Waals surface area contributed by atoms with Crippen LogP contribution in [0.2, 0.25) is 0 Å². The maximum atomic E-state index is 5.86. The smallest absolute Gasteiger partial charge is 0.260 e. The Hall–Kier alpha value is -2.66. The SMILES string of the molecule is COc1ccc(-c2noc(C3OCCc4ccccc43)n2)cc1. The molecular weight excluding hydrogens is 292 g/mol. The molecule has 0 saturated heterocycles. The van der Waals surface area contributed by atoms with E-state index in [1.807, 2.05) is 36.4 Å². The summed E-state index contributed by atoms with van der Waals surface area (Å²) in [5.41, 5.74) is 3.25. The molecule has 0 amide bonds. The van der Waals surface area contributed by atoms with Gasteiger partial charge in [0.1, 0.15) is 5.75 Å². The van der Waals surface area contributed by atoms with Crippen LogP contribution in [-0.4, -0.2) is 23.9 Å². The molecule has 1 aromatic heterocycles. The van der Waals surface area contributed by atoms with Gasteiger partial charge >= 0.3 is 0 Å². The predicted molar refractivity (Wildman–Crippen MR) is 84.2 cm³/mol. The van der Waals surface area contributed by atoms with Gasteiger partial charge in [-0.05, 0) is 41.8 Å². The summed E-state index contributed by atoms with van der Waals surface area (Å²) in [5.74, 6) is 1.83. The normalized spacial score (nSPS) is 16.8. The topological polar surface area (TPSA) is 57.4 Å². The second-order valence-electron chi connectivity index (χ2n) is 5.38. The van der Waals surface area contributed by atoms with Crippen LogP contribution in [0.3, 0.4) is 0 Å². The molecule has 1 unspecified atom stereocenters. The average molecular weight is 308 g/mol. The average Bonchev–Trinajstić information content (AvgIpc) is 3.11. The Bertz CT molecular complexity index is 811. The molecule has 2 aromatic carbocycles. The molecule has 0 fully saturated rings. The van der Waals surface area contributed by atoms with Crippen LogP contribution in [0.25, 0.3) is 11.4 Å². The molecule has 5 nitrogen and oxygen atoms in total. The van der Waals surface area contributed by atoms with Gasteiger partial charge in [0.15, 0.2) is 6.10 Å². The molecule has 0 spiro atoms. The van der Waals surface area contributed by atoms with Crippen molar-refractivity contribution in [3.8, 4) is 17.1 Å². The first-order valence-corrected chi connectivity index (χ1v) is 7.52. The van der Waals surface area contributed by atoms with Crippen molar-refractivity contribution in [1.82, 2.24) is 10.1 Å². The number of ether oxygens (including phenoxy) is 2. The first kappa shape index (κ1) is 14.0. The van der Waals surface area contributed by atoms with Crippen LogP contribution in [0, 0.1) is 0 Å². The van der Waals surface area contributed by atoms with Crippen molar-refractivity contribution in [2.24, 2.45) is 0 Å². The third kappa shape index (κ3) is 2.59. The molecule has 1 aliphatic rings. The molecule has 3 aromatic rings. The minimum Gasteiger partial charge on any atom is -0.497 e. The van der Waals surface area contributed by atoms with Crippen LogP contribution in [0.5, 0.6) is 5.75 Å². The van der Waals surface area contributed by atoms with Crippen LogP contribution >= 0.6 is 0 Å². The lowest BCUT2D eigenvalue weighted by Crippen LogP contribution is -2.17. The highest BCUT2D eigenvalue weighted by Crippen LogP contribution is 2.32. The summed E-state index contributed by atoms with van der Waals surface area (Å²) >= 11 is 0. The number of aromatic nitrogens is 2. The van der Waals surface area contributed by atoms with Gasteiger partial charge in [-0.2, -0.15) is 4.98 Å². The van der Waals surface area contributed by atoms with Crippen LogP contribution in [0.15, 0.2) is 53.1 Å². The fraction of sp³-hybridized carbons (Fsp3) is 0.222. The Balaban J connectivity index is 1.66. The highest BCUT2D eigenvalue weighted by molar-refractivity contribution is 5.55. The maximum absolute atomic E-state index is 5.86. The maximum Gasteiger partial charge on any atom is 0.260 e. The lowest BCUT2D eigenvalue weighted by atomic mass is 9.97. The van der Waals surface area contributed by atoms with Gasteiger partial charge in [0.05, 0.1) is 13.7 Å². The van der Waals surface area contributed by atoms with E-state index in [1.54, 1.807) is 7.11 Å². The van der Waals surface area contributed by atoms with Gasteiger partial charge in [0.25, 0.3) is 5.89 Å². The number of nitrogens with zero attached hydrogens (tertiary/aromatic N) is 2. The molecule has 4 rings (SSSR count). The number of hydrogen-bond acceptors (Lipinski definition) is 5. The molecule has 23 heavy (non-hydrogen) atoms. The van der Waals surface area contributed by atoms with E-state index >= 15 is 0 Å². The van der Waals surface area contributed by atoms with Crippen LogP contribution in [-0.2, 0) is 11.2 Å². The molecule has 2 heterocycles. The molecule has 0 saturated carbocycles. The van der Waals surface area contributed by atoms with E-state index in [0.29, 0.717) is 18.3 Å². The summed E-state index contributed by atoms with van der Waals surface area (Å²) in [4.78, 5) is 4.51. The standard InChI is InChI=1S/C18H16N2O3/c1-21-14-8-6-13(7-9-14)17-19-18(23-20-17)16-15-5-3-2-4-12(15)10-11-22-16/h2-9,16H,10-11H2,1H3. The van der Waals surface area contributed by atoms with E-state index in [4.69, 9.17) is 14.0 Å². The van der Waals surface area contributed by atoms with Crippen LogP contribution < -0.4 is 4.74 Å². The van der Waals surface area contributed by atoms with E-state index in [1.165, 1.54) is 5.56 Å². The number of methoxy groups -OCH3 is 1. The molecule has 5 heteroatoms. The Morgan fingerprint density at radius 1 is 1.09 bits per heavy atom. The predicted octanol–water partition coefficient (Wildman–Crippen LogP) is 3.41. The molecule has 1 aliphatic heterocycles. The molecule has 0 bridgehead atoms. The van der Waals surface area contributed by atoms with Gasteiger partial charge in [-0.25, -0.2) is 0 Å². The lowest BCUT2D eigenvalue weighted by molar-refractivity contribution is 0.0476. The van der Waals surface area contributed by atoms with Gasteiger partial charge in [0, 0.05) is 5.56 Å². The third-order valence-corrected chi connectivity index (χ3v) is 4.01. The van der Waals surface area contributed by atoms with Crippen LogP contribution in [0.1, 0.15) is 23.1 Å². The second kappa shape index (κ2) is 5.85. The first-order chi connectivity index (χ1) is 11.3. The van der Waals surface area contributed by atoms with Crippen molar-refractivity contribution < 1.29 is 14.0 Å². The Labute approximate surface area is 133 Å². The highest BCUT2D eigenvalue weighted by atomic mass is 16.5. The summed E-state index contributed by atoms with van der Waals surface area (Å²) < 4.78 is 16.5. The van der Waals surface area contributed by atoms with Gasteiger partial charge in [-0.15, -0.1) is 0 Å². The molecular formula is C18H16N2O3. The molecule has 116 valence electrons. The van der Waals surface area contributed by atoms with Crippen molar-refractivity contribution in [3.63, 3.8) is 0 Å². The van der Waals surface area contributed by atoms with E-state index in [2.05, 4.69) is 22.3 Å². The Morgan fingerprint density at radius 2 is 1.91 bits per heavy atom. The first-order valence-electron chi connectivity index (χ1n) is 7.52. The highest BCUT2D eigenvalue weighted by Gasteiger charge is 2.27. The fourth-order valence-corrected chi connectivity index (χ4v) is 2.80. The van der Waals surface area contributed by atoms with E-state index in [0.717, 1.165) is 23.3 Å². The molecule has 0 N–H and O–H groups in total. The fourth-order valence-electron chi connectivity index (χ4n) is 2.80. The Kier molecular flexibility index (Phi) is 3.55. The van der Waals surface area contributed by atoms with E-state index in [9.17, 15) is 0 Å².